The summed E-state index contributed by atoms with van der Waals surface area (Å²) in [6.07, 6.45) is 4.13. The van der Waals surface area contributed by atoms with Crippen LogP contribution < -0.4 is 17.0 Å². The molecule has 64 valence electrons. The summed E-state index contributed by atoms with van der Waals surface area (Å²) in [7, 11) is 0. The van der Waals surface area contributed by atoms with Gasteiger partial charge in [0.05, 0.1) is 6.54 Å². The van der Waals surface area contributed by atoms with Crippen molar-refractivity contribution in [1.29, 1.82) is 0 Å². The summed E-state index contributed by atoms with van der Waals surface area (Å²) in [6.45, 7) is 0.200. The van der Waals surface area contributed by atoms with Crippen molar-refractivity contribution in [2.75, 3.05) is 0 Å². The van der Waals surface area contributed by atoms with Crippen molar-refractivity contribution in [3.05, 3.63) is 45.4 Å². The number of nitrogens with zero attached hydrogens (tertiary/aromatic N) is 1. The van der Waals surface area contributed by atoms with Gasteiger partial charge in [0.25, 0.3) is 5.56 Å². The largest absolute Gasteiger partial charge is 0.405 e. The maximum absolute atomic E-state index is 11.0. The molecular formula is C7H9N3O2. The lowest BCUT2D eigenvalue weighted by molar-refractivity contribution is 0.712. The number of aromatic nitrogens is 2. The number of H-pyrrole nitrogens is 1. The van der Waals surface area contributed by atoms with Crippen LogP contribution in [0.25, 0.3) is 0 Å². The fraction of sp³-hybridized carbons (Fsp3) is 0.143. The van der Waals surface area contributed by atoms with E-state index in [0.29, 0.717) is 0 Å². The van der Waals surface area contributed by atoms with Crippen LogP contribution in [0.2, 0.25) is 0 Å². The molecule has 0 aliphatic carbocycles. The van der Waals surface area contributed by atoms with Crippen LogP contribution in [0.4, 0.5) is 0 Å². The Labute approximate surface area is 68.1 Å². The molecule has 0 bridgehead atoms. The third-order valence-electron chi connectivity index (χ3n) is 1.37. The molecule has 5 heteroatoms. The minimum absolute atomic E-state index is 0.200. The van der Waals surface area contributed by atoms with E-state index in [1.165, 1.54) is 24.5 Å². The first-order valence-corrected chi connectivity index (χ1v) is 3.41. The monoisotopic (exact) mass is 167 g/mol. The molecule has 0 aromatic carbocycles. The van der Waals surface area contributed by atoms with Crippen LogP contribution >= 0.6 is 0 Å². The SMILES string of the molecule is NC=CCn1c(=O)cc[nH]c1=O. The fourth-order valence-corrected chi connectivity index (χ4v) is 0.791. The highest BCUT2D eigenvalue weighted by molar-refractivity contribution is 4.86. The lowest BCUT2D eigenvalue weighted by Gasteiger charge is -1.96. The molecule has 3 N–H and O–H groups in total. The molecule has 1 aromatic heterocycles. The van der Waals surface area contributed by atoms with Gasteiger partial charge in [-0.3, -0.25) is 9.36 Å². The van der Waals surface area contributed by atoms with Gasteiger partial charge in [-0.1, -0.05) is 0 Å². The molecule has 0 spiro atoms. The van der Waals surface area contributed by atoms with Gasteiger partial charge >= 0.3 is 5.69 Å². The third kappa shape index (κ3) is 1.63. The van der Waals surface area contributed by atoms with E-state index in [1.807, 2.05) is 0 Å². The minimum atomic E-state index is -0.430. The molecule has 0 fully saturated rings. The Kier molecular flexibility index (Phi) is 2.47. The van der Waals surface area contributed by atoms with Crippen LogP contribution in [0.15, 0.2) is 34.1 Å². The second-order valence-electron chi connectivity index (χ2n) is 2.16. The third-order valence-corrected chi connectivity index (χ3v) is 1.37. The zero-order chi connectivity index (χ0) is 8.97. The van der Waals surface area contributed by atoms with Crippen molar-refractivity contribution in [3.8, 4) is 0 Å². The molecule has 1 heterocycles. The number of nitrogens with one attached hydrogen (secondary N) is 1. The van der Waals surface area contributed by atoms with Gasteiger partial charge in [-0.05, 0) is 12.3 Å². The smallest absolute Gasteiger partial charge is 0.328 e. The molecule has 0 atom stereocenters. The number of rotatable bonds is 2. The standard InChI is InChI=1S/C7H9N3O2/c8-3-1-5-10-6(11)2-4-9-7(10)12/h1-4H,5,8H2,(H,9,12). The van der Waals surface area contributed by atoms with Crippen LogP contribution in [0, 0.1) is 0 Å². The highest BCUT2D eigenvalue weighted by atomic mass is 16.2. The first kappa shape index (κ1) is 8.32. The summed E-state index contributed by atoms with van der Waals surface area (Å²) in [4.78, 5) is 24.4. The van der Waals surface area contributed by atoms with Crippen molar-refractivity contribution in [1.82, 2.24) is 9.55 Å². The van der Waals surface area contributed by atoms with Gasteiger partial charge in [-0.15, -0.1) is 0 Å². The van der Waals surface area contributed by atoms with E-state index in [4.69, 9.17) is 5.73 Å². The summed E-state index contributed by atoms with van der Waals surface area (Å²) >= 11 is 0. The number of hydrogen-bond acceptors (Lipinski definition) is 3. The van der Waals surface area contributed by atoms with Gasteiger partial charge in [-0.2, -0.15) is 0 Å². The predicted octanol–water partition coefficient (Wildman–Crippen LogP) is -0.991. The van der Waals surface area contributed by atoms with Crippen LogP contribution in [-0.4, -0.2) is 9.55 Å². The van der Waals surface area contributed by atoms with Gasteiger partial charge in [-0.25, -0.2) is 4.79 Å². The first-order chi connectivity index (χ1) is 5.75. The molecule has 0 unspecified atom stereocenters. The van der Waals surface area contributed by atoms with Crippen molar-refractivity contribution in [2.45, 2.75) is 6.54 Å². The second kappa shape index (κ2) is 3.56. The zero-order valence-corrected chi connectivity index (χ0v) is 6.36. The lowest BCUT2D eigenvalue weighted by Crippen LogP contribution is -2.33. The lowest BCUT2D eigenvalue weighted by atomic mass is 10.5. The average molecular weight is 167 g/mol. The maximum Gasteiger partial charge on any atom is 0.328 e. The predicted molar refractivity (Wildman–Crippen MR) is 44.7 cm³/mol. The van der Waals surface area contributed by atoms with E-state index in [-0.39, 0.29) is 12.1 Å². The van der Waals surface area contributed by atoms with Crippen LogP contribution in [0.3, 0.4) is 0 Å². The Morgan fingerprint density at radius 1 is 1.58 bits per heavy atom. The summed E-state index contributed by atoms with van der Waals surface area (Å²) in [6, 6.07) is 1.28. The molecule has 0 aliphatic rings. The van der Waals surface area contributed by atoms with E-state index in [2.05, 4.69) is 4.98 Å². The summed E-state index contributed by atoms with van der Waals surface area (Å²) in [5.41, 5.74) is 4.30. The second-order valence-corrected chi connectivity index (χ2v) is 2.16. The highest BCUT2D eigenvalue weighted by Gasteiger charge is 1.95. The first-order valence-electron chi connectivity index (χ1n) is 3.41. The van der Waals surface area contributed by atoms with Crippen LogP contribution in [0.1, 0.15) is 0 Å². The molecule has 12 heavy (non-hydrogen) atoms. The molecule has 5 nitrogen and oxygen atoms in total. The highest BCUT2D eigenvalue weighted by Crippen LogP contribution is 1.72. The topological polar surface area (TPSA) is 80.9 Å². The molecule has 0 saturated carbocycles. The van der Waals surface area contributed by atoms with Gasteiger partial charge < -0.3 is 10.7 Å². The molecule has 0 radical (unpaired) electrons. The van der Waals surface area contributed by atoms with Crippen molar-refractivity contribution in [3.63, 3.8) is 0 Å². The van der Waals surface area contributed by atoms with Gasteiger partial charge in [0.2, 0.25) is 0 Å². The Balaban J connectivity index is 3.14. The van der Waals surface area contributed by atoms with Crippen LogP contribution in [0.5, 0.6) is 0 Å². The van der Waals surface area contributed by atoms with E-state index in [0.717, 1.165) is 4.57 Å². The molecule has 1 rings (SSSR count). The van der Waals surface area contributed by atoms with E-state index < -0.39 is 5.69 Å². The van der Waals surface area contributed by atoms with Crippen LogP contribution in [-0.2, 0) is 6.54 Å². The quantitative estimate of drug-likeness (QED) is 0.593. The van der Waals surface area contributed by atoms with Crippen molar-refractivity contribution in [2.24, 2.45) is 5.73 Å². The van der Waals surface area contributed by atoms with Gasteiger partial charge in [0.1, 0.15) is 0 Å². The van der Waals surface area contributed by atoms with Crippen molar-refractivity contribution >= 4 is 0 Å². The normalized spacial score (nSPS) is 10.7. The van der Waals surface area contributed by atoms with Gasteiger partial charge in [0, 0.05) is 12.3 Å². The summed E-state index contributed by atoms with van der Waals surface area (Å²) in [5, 5.41) is 0. The molecule has 0 saturated heterocycles. The van der Waals surface area contributed by atoms with Gasteiger partial charge in [0.15, 0.2) is 0 Å². The Morgan fingerprint density at radius 2 is 2.33 bits per heavy atom. The Hall–Kier alpha value is -1.78. The number of aromatic amines is 1. The van der Waals surface area contributed by atoms with Crippen molar-refractivity contribution < 1.29 is 0 Å². The maximum atomic E-state index is 11.0. The number of nitrogens with two attached hydrogens (primary N) is 1. The summed E-state index contributed by atoms with van der Waals surface area (Å²) < 4.78 is 1.04. The minimum Gasteiger partial charge on any atom is -0.405 e. The molecular weight excluding hydrogens is 158 g/mol. The summed E-state index contributed by atoms with van der Waals surface area (Å²) in [5.74, 6) is 0. The fourth-order valence-electron chi connectivity index (χ4n) is 0.791. The Morgan fingerprint density at radius 3 is 2.92 bits per heavy atom. The molecule has 0 aliphatic heterocycles. The molecule has 0 amide bonds. The zero-order valence-electron chi connectivity index (χ0n) is 6.36. The number of hydrogen-bond donors (Lipinski definition) is 2. The number of allylic oxidation sites excluding steroid dienone is 1. The van der Waals surface area contributed by atoms with E-state index in [9.17, 15) is 9.59 Å². The Bertz CT molecular complexity index is 360. The molecule has 1 aromatic rings. The van der Waals surface area contributed by atoms with E-state index >= 15 is 0 Å². The van der Waals surface area contributed by atoms with E-state index in [1.54, 1.807) is 0 Å². The average Bonchev–Trinajstić information content (AvgIpc) is 2.04.